The van der Waals surface area contributed by atoms with E-state index in [0.29, 0.717) is 17.0 Å². The first-order valence-corrected chi connectivity index (χ1v) is 5.86. The fourth-order valence-corrected chi connectivity index (χ4v) is 1.55. The average Bonchev–Trinajstić information content (AvgIpc) is 2.47. The van der Waals surface area contributed by atoms with Crippen LogP contribution in [0, 0.1) is 17.1 Å². The van der Waals surface area contributed by atoms with Crippen molar-refractivity contribution in [1.82, 2.24) is 0 Å². The molecule has 0 aromatic heterocycles. The molecule has 0 saturated carbocycles. The molecule has 1 N–H and O–H groups in total. The van der Waals surface area contributed by atoms with E-state index in [-0.39, 0.29) is 18.3 Å². The van der Waals surface area contributed by atoms with Crippen molar-refractivity contribution in [2.75, 3.05) is 11.9 Å². The monoisotopic (exact) mass is 270 g/mol. The van der Waals surface area contributed by atoms with Crippen molar-refractivity contribution >= 4 is 11.6 Å². The first kappa shape index (κ1) is 13.6. The second kappa shape index (κ2) is 6.34. The SMILES string of the molecule is N#CCOc1ccc(NC(=O)c2ccc(F)cc2)cc1. The summed E-state index contributed by atoms with van der Waals surface area (Å²) in [5, 5.41) is 11.1. The lowest BCUT2D eigenvalue weighted by Crippen LogP contribution is -2.11. The summed E-state index contributed by atoms with van der Waals surface area (Å²) in [5.41, 5.74) is 0.958. The minimum absolute atomic E-state index is 0.0265. The van der Waals surface area contributed by atoms with Crippen molar-refractivity contribution in [3.63, 3.8) is 0 Å². The summed E-state index contributed by atoms with van der Waals surface area (Å²) < 4.78 is 17.9. The first-order valence-electron chi connectivity index (χ1n) is 5.86. The Kier molecular flexibility index (Phi) is 4.30. The minimum atomic E-state index is -0.388. The van der Waals surface area contributed by atoms with Gasteiger partial charge in [-0.1, -0.05) is 0 Å². The molecular formula is C15H11FN2O2. The number of nitrogens with one attached hydrogen (secondary N) is 1. The van der Waals surface area contributed by atoms with Gasteiger partial charge in [0.1, 0.15) is 17.6 Å². The third-order valence-electron chi connectivity index (χ3n) is 2.52. The number of nitrogens with zero attached hydrogens (tertiary/aromatic N) is 1. The van der Waals surface area contributed by atoms with Crippen molar-refractivity contribution < 1.29 is 13.9 Å². The van der Waals surface area contributed by atoms with Crippen LogP contribution in [0.3, 0.4) is 0 Å². The average molecular weight is 270 g/mol. The zero-order valence-electron chi connectivity index (χ0n) is 10.5. The van der Waals surface area contributed by atoms with Crippen LogP contribution < -0.4 is 10.1 Å². The number of rotatable bonds is 4. The predicted molar refractivity (Wildman–Crippen MR) is 71.9 cm³/mol. The van der Waals surface area contributed by atoms with Crippen LogP contribution in [0.2, 0.25) is 0 Å². The number of anilines is 1. The molecule has 0 heterocycles. The van der Waals surface area contributed by atoms with Crippen molar-refractivity contribution in [3.8, 4) is 11.8 Å². The Balaban J connectivity index is 2.01. The van der Waals surface area contributed by atoms with Gasteiger partial charge in [-0.3, -0.25) is 4.79 Å². The maximum atomic E-state index is 12.8. The zero-order chi connectivity index (χ0) is 14.4. The van der Waals surface area contributed by atoms with Crippen LogP contribution >= 0.6 is 0 Å². The number of carbonyl (C=O) groups excluding carboxylic acids is 1. The van der Waals surface area contributed by atoms with Gasteiger partial charge in [0.25, 0.3) is 5.91 Å². The van der Waals surface area contributed by atoms with Gasteiger partial charge in [-0.2, -0.15) is 5.26 Å². The normalized spacial score (nSPS) is 9.60. The van der Waals surface area contributed by atoms with Gasteiger partial charge in [-0.25, -0.2) is 4.39 Å². The highest BCUT2D eigenvalue weighted by atomic mass is 19.1. The molecule has 0 radical (unpaired) electrons. The Hall–Kier alpha value is -2.87. The molecule has 0 saturated heterocycles. The number of ether oxygens (including phenoxy) is 1. The minimum Gasteiger partial charge on any atom is -0.479 e. The van der Waals surface area contributed by atoms with Crippen LogP contribution in [0.4, 0.5) is 10.1 Å². The van der Waals surface area contributed by atoms with Crippen LogP contribution in [-0.2, 0) is 0 Å². The van der Waals surface area contributed by atoms with Gasteiger partial charge in [0, 0.05) is 11.3 Å². The van der Waals surface area contributed by atoms with Crippen LogP contribution in [0.5, 0.6) is 5.75 Å². The van der Waals surface area contributed by atoms with E-state index < -0.39 is 0 Å². The molecule has 2 rings (SSSR count). The Morgan fingerprint density at radius 2 is 1.80 bits per heavy atom. The maximum absolute atomic E-state index is 12.8. The molecule has 100 valence electrons. The quantitative estimate of drug-likeness (QED) is 0.929. The van der Waals surface area contributed by atoms with E-state index in [1.165, 1.54) is 24.3 Å². The van der Waals surface area contributed by atoms with Crippen LogP contribution in [-0.4, -0.2) is 12.5 Å². The second-order valence-corrected chi connectivity index (χ2v) is 3.93. The highest BCUT2D eigenvalue weighted by molar-refractivity contribution is 6.04. The third kappa shape index (κ3) is 3.56. The zero-order valence-corrected chi connectivity index (χ0v) is 10.5. The molecule has 2 aromatic rings. The summed E-state index contributed by atoms with van der Waals surface area (Å²) in [7, 11) is 0. The molecule has 0 aliphatic rings. The Morgan fingerprint density at radius 3 is 2.40 bits per heavy atom. The Morgan fingerprint density at radius 1 is 1.15 bits per heavy atom. The lowest BCUT2D eigenvalue weighted by Gasteiger charge is -2.06. The predicted octanol–water partition coefficient (Wildman–Crippen LogP) is 2.98. The molecular weight excluding hydrogens is 259 g/mol. The molecule has 5 heteroatoms. The van der Waals surface area contributed by atoms with Gasteiger partial charge in [0.15, 0.2) is 6.61 Å². The number of nitriles is 1. The molecule has 0 atom stereocenters. The van der Waals surface area contributed by atoms with Crippen molar-refractivity contribution in [2.24, 2.45) is 0 Å². The number of hydrogen-bond donors (Lipinski definition) is 1. The fourth-order valence-electron chi connectivity index (χ4n) is 1.55. The topological polar surface area (TPSA) is 62.1 Å². The fraction of sp³-hybridized carbons (Fsp3) is 0.0667. The molecule has 0 bridgehead atoms. The van der Waals surface area contributed by atoms with E-state index in [1.54, 1.807) is 24.3 Å². The van der Waals surface area contributed by atoms with Crippen LogP contribution in [0.25, 0.3) is 0 Å². The van der Waals surface area contributed by atoms with Gasteiger partial charge >= 0.3 is 0 Å². The Bertz CT molecular complexity index is 630. The van der Waals surface area contributed by atoms with E-state index >= 15 is 0 Å². The highest BCUT2D eigenvalue weighted by Gasteiger charge is 2.06. The summed E-state index contributed by atoms with van der Waals surface area (Å²) in [4.78, 5) is 11.9. The molecule has 1 amide bonds. The molecule has 0 aliphatic carbocycles. The molecule has 20 heavy (non-hydrogen) atoms. The van der Waals surface area contributed by atoms with E-state index in [0.717, 1.165) is 0 Å². The van der Waals surface area contributed by atoms with Gasteiger partial charge in [0.05, 0.1) is 0 Å². The standard InChI is InChI=1S/C15H11FN2O2/c16-12-3-1-11(2-4-12)15(19)18-13-5-7-14(8-6-13)20-10-9-17/h1-8H,10H2,(H,18,19). The number of halogens is 1. The number of amides is 1. The van der Waals surface area contributed by atoms with Gasteiger partial charge < -0.3 is 10.1 Å². The van der Waals surface area contributed by atoms with Crippen LogP contribution in [0.15, 0.2) is 48.5 Å². The maximum Gasteiger partial charge on any atom is 0.255 e. The van der Waals surface area contributed by atoms with E-state index in [4.69, 9.17) is 10.00 Å². The summed E-state index contributed by atoms with van der Waals surface area (Å²) in [5.74, 6) is -0.164. The summed E-state index contributed by atoms with van der Waals surface area (Å²) >= 11 is 0. The molecule has 2 aromatic carbocycles. The smallest absolute Gasteiger partial charge is 0.255 e. The number of benzene rings is 2. The lowest BCUT2D eigenvalue weighted by atomic mass is 10.2. The van der Waals surface area contributed by atoms with E-state index in [9.17, 15) is 9.18 Å². The molecule has 0 fully saturated rings. The van der Waals surface area contributed by atoms with E-state index in [2.05, 4.69) is 5.32 Å². The number of carbonyl (C=O) groups is 1. The van der Waals surface area contributed by atoms with Crippen molar-refractivity contribution in [3.05, 3.63) is 59.9 Å². The first-order chi connectivity index (χ1) is 9.69. The van der Waals surface area contributed by atoms with E-state index in [1.807, 2.05) is 6.07 Å². The van der Waals surface area contributed by atoms with Crippen molar-refractivity contribution in [1.29, 1.82) is 5.26 Å². The lowest BCUT2D eigenvalue weighted by molar-refractivity contribution is 0.102. The van der Waals surface area contributed by atoms with Crippen LogP contribution in [0.1, 0.15) is 10.4 Å². The van der Waals surface area contributed by atoms with Gasteiger partial charge in [0.2, 0.25) is 0 Å². The highest BCUT2D eigenvalue weighted by Crippen LogP contribution is 2.16. The summed E-state index contributed by atoms with van der Waals surface area (Å²) in [6.07, 6.45) is 0. The number of hydrogen-bond acceptors (Lipinski definition) is 3. The van der Waals surface area contributed by atoms with Crippen molar-refractivity contribution in [2.45, 2.75) is 0 Å². The molecule has 4 nitrogen and oxygen atoms in total. The van der Waals surface area contributed by atoms with Gasteiger partial charge in [-0.05, 0) is 48.5 Å². The second-order valence-electron chi connectivity index (χ2n) is 3.93. The third-order valence-corrected chi connectivity index (χ3v) is 2.52. The molecule has 0 spiro atoms. The summed E-state index contributed by atoms with van der Waals surface area (Å²) in [6, 6.07) is 13.8. The van der Waals surface area contributed by atoms with Gasteiger partial charge in [-0.15, -0.1) is 0 Å². The Labute approximate surface area is 115 Å². The molecule has 0 unspecified atom stereocenters. The summed E-state index contributed by atoms with van der Waals surface area (Å²) in [6.45, 7) is -0.0265. The largest absolute Gasteiger partial charge is 0.479 e. The molecule has 0 aliphatic heterocycles.